The number of rotatable bonds is 3. The topological polar surface area (TPSA) is 117 Å². The number of carbonyl (C=O) groups excluding carboxylic acids is 1. The van der Waals surface area contributed by atoms with E-state index >= 15 is 0 Å². The molecule has 1 spiro atoms. The number of carboxylic acid groups (broad SMARTS) is 1. The van der Waals surface area contributed by atoms with Gasteiger partial charge < -0.3 is 20.6 Å². The van der Waals surface area contributed by atoms with E-state index in [0.717, 1.165) is 42.9 Å². The maximum atomic E-state index is 13.2. The van der Waals surface area contributed by atoms with E-state index in [9.17, 15) is 31.1 Å². The molecule has 3 N–H and O–H groups in total. The summed E-state index contributed by atoms with van der Waals surface area (Å²) < 4.78 is 73.9. The van der Waals surface area contributed by atoms with E-state index in [1.54, 1.807) is 12.1 Å². The van der Waals surface area contributed by atoms with Gasteiger partial charge in [-0.05, 0) is 37.1 Å². The molecule has 2 aliphatic rings. The first-order chi connectivity index (χ1) is 17.7. The predicted octanol–water partition coefficient (Wildman–Crippen LogP) is 3.16. The first kappa shape index (κ1) is 27.2. The Morgan fingerprint density at radius 1 is 1.08 bits per heavy atom. The van der Waals surface area contributed by atoms with Crippen LogP contribution in [0.1, 0.15) is 29.0 Å². The van der Waals surface area contributed by atoms with Gasteiger partial charge in [-0.2, -0.15) is 31.4 Å². The summed E-state index contributed by atoms with van der Waals surface area (Å²) >= 11 is 0. The normalized spacial score (nSPS) is 17.1. The largest absolute Gasteiger partial charge is 0.490 e. The Morgan fingerprint density at radius 3 is 2.34 bits per heavy atom. The zero-order valence-corrected chi connectivity index (χ0v) is 19.9. The summed E-state index contributed by atoms with van der Waals surface area (Å²) in [4.78, 5) is 23.9. The summed E-state index contributed by atoms with van der Waals surface area (Å²) in [7, 11) is 1.37. The second kappa shape index (κ2) is 9.81. The second-order valence-electron chi connectivity index (χ2n) is 9.16. The number of aromatic nitrogens is 4. The molecule has 2 fully saturated rings. The molecular weight excluding hydrogens is 524 g/mol. The molecule has 3 aromatic heterocycles. The fourth-order valence-corrected chi connectivity index (χ4v) is 4.11. The Kier molecular flexibility index (Phi) is 7.03. The summed E-state index contributed by atoms with van der Waals surface area (Å²) in [6, 6.07) is 7.05. The summed E-state index contributed by atoms with van der Waals surface area (Å²) in [5.41, 5.74) is -0.392. The molecule has 38 heavy (non-hydrogen) atoms. The molecule has 4 heterocycles. The van der Waals surface area contributed by atoms with Crippen LogP contribution < -0.4 is 15.5 Å². The van der Waals surface area contributed by atoms with Crippen LogP contribution in [0.15, 0.2) is 30.5 Å². The van der Waals surface area contributed by atoms with E-state index in [2.05, 4.69) is 25.7 Å². The lowest BCUT2D eigenvalue weighted by atomic mass is 10.1. The van der Waals surface area contributed by atoms with E-state index in [0.29, 0.717) is 10.9 Å². The lowest BCUT2D eigenvalue weighted by molar-refractivity contribution is -0.192. The molecule has 0 radical (unpaired) electrons. The predicted molar refractivity (Wildman–Crippen MR) is 122 cm³/mol. The standard InChI is InChI=1S/C20H22F3N7O.C2HF3O2/c1-28-10-14(17(27-28)20(21,22)23)25-18(31)15-4-2-13-3-5-16(26-30(13)15)29-9-8-24-11-19(12-29)6-7-19;3-2(4,5)1(6)7/h2-5,10,24H,6-9,11-12H2,1H3,(H,25,31);(H,6,7). The maximum absolute atomic E-state index is 13.2. The van der Waals surface area contributed by atoms with Crippen molar-refractivity contribution in [3.63, 3.8) is 0 Å². The summed E-state index contributed by atoms with van der Waals surface area (Å²) in [6.45, 7) is 3.54. The Hall–Kier alpha value is -3.82. The van der Waals surface area contributed by atoms with Crippen LogP contribution in [0, 0.1) is 5.41 Å². The Bertz CT molecular complexity index is 1340. The van der Waals surface area contributed by atoms with Gasteiger partial charge in [0.05, 0.1) is 11.2 Å². The molecule has 0 unspecified atom stereocenters. The van der Waals surface area contributed by atoms with Gasteiger partial charge in [0.1, 0.15) is 11.5 Å². The third-order valence-electron chi connectivity index (χ3n) is 6.18. The van der Waals surface area contributed by atoms with Crippen molar-refractivity contribution in [3.8, 4) is 0 Å². The Morgan fingerprint density at radius 2 is 1.74 bits per heavy atom. The van der Waals surface area contributed by atoms with Crippen molar-refractivity contribution in [2.75, 3.05) is 36.4 Å². The molecule has 16 heteroatoms. The van der Waals surface area contributed by atoms with Crippen molar-refractivity contribution in [1.29, 1.82) is 0 Å². The zero-order valence-electron chi connectivity index (χ0n) is 19.9. The molecular formula is C22H23F6N7O3. The zero-order chi connectivity index (χ0) is 27.9. The lowest BCUT2D eigenvalue weighted by Crippen LogP contribution is -2.32. The van der Waals surface area contributed by atoms with Gasteiger partial charge in [0, 0.05) is 44.8 Å². The van der Waals surface area contributed by atoms with Crippen molar-refractivity contribution >= 4 is 28.9 Å². The van der Waals surface area contributed by atoms with Gasteiger partial charge in [-0.1, -0.05) is 0 Å². The molecule has 3 aromatic rings. The molecule has 1 saturated heterocycles. The number of nitrogens with zero attached hydrogens (tertiary/aromatic N) is 5. The first-order valence-electron chi connectivity index (χ1n) is 11.4. The number of amides is 1. The molecule has 0 atom stereocenters. The fourth-order valence-electron chi connectivity index (χ4n) is 4.11. The fraction of sp³-hybridized carbons (Fsp3) is 0.455. The summed E-state index contributed by atoms with van der Waals surface area (Å²) in [5.74, 6) is -2.70. The number of carbonyl (C=O) groups is 2. The number of hydrogen-bond acceptors (Lipinski definition) is 6. The first-order valence-corrected chi connectivity index (χ1v) is 11.4. The monoisotopic (exact) mass is 547 g/mol. The number of aliphatic carboxylic acids is 1. The number of halogens is 6. The van der Waals surface area contributed by atoms with Gasteiger partial charge in [-0.25, -0.2) is 9.31 Å². The van der Waals surface area contributed by atoms with Gasteiger partial charge in [0.2, 0.25) is 0 Å². The smallest absolute Gasteiger partial charge is 0.475 e. The van der Waals surface area contributed by atoms with E-state index in [1.807, 2.05) is 12.1 Å². The molecule has 0 aromatic carbocycles. The molecule has 206 valence electrons. The van der Waals surface area contributed by atoms with Crippen LogP contribution in [0.25, 0.3) is 5.52 Å². The quantitative estimate of drug-likeness (QED) is 0.432. The van der Waals surface area contributed by atoms with Gasteiger partial charge in [0.15, 0.2) is 5.69 Å². The minimum Gasteiger partial charge on any atom is -0.475 e. The minimum absolute atomic E-state index is 0.155. The number of nitrogens with one attached hydrogen (secondary N) is 2. The van der Waals surface area contributed by atoms with E-state index in [4.69, 9.17) is 9.90 Å². The van der Waals surface area contributed by atoms with Crippen LogP contribution in [0.2, 0.25) is 0 Å². The van der Waals surface area contributed by atoms with Crippen LogP contribution in [0.5, 0.6) is 0 Å². The molecule has 1 aliphatic carbocycles. The molecule has 0 bridgehead atoms. The number of alkyl halides is 6. The minimum atomic E-state index is -5.08. The maximum Gasteiger partial charge on any atom is 0.490 e. The Balaban J connectivity index is 0.000000426. The summed E-state index contributed by atoms with van der Waals surface area (Å²) in [5, 5.41) is 21.0. The van der Waals surface area contributed by atoms with Crippen molar-refractivity contribution in [1.82, 2.24) is 24.7 Å². The van der Waals surface area contributed by atoms with Crippen LogP contribution in [-0.2, 0) is 18.0 Å². The van der Waals surface area contributed by atoms with Crippen molar-refractivity contribution in [3.05, 3.63) is 41.9 Å². The highest BCUT2D eigenvalue weighted by Gasteiger charge is 2.45. The number of fused-ring (bicyclic) bond motifs is 1. The highest BCUT2D eigenvalue weighted by molar-refractivity contribution is 6.04. The van der Waals surface area contributed by atoms with E-state index < -0.39 is 29.9 Å². The molecule has 10 nitrogen and oxygen atoms in total. The van der Waals surface area contributed by atoms with Gasteiger partial charge in [0.25, 0.3) is 5.91 Å². The highest BCUT2D eigenvalue weighted by atomic mass is 19.4. The van der Waals surface area contributed by atoms with Gasteiger partial charge in [-0.3, -0.25) is 9.48 Å². The van der Waals surface area contributed by atoms with Crippen molar-refractivity contribution < 1.29 is 41.0 Å². The van der Waals surface area contributed by atoms with E-state index in [1.165, 1.54) is 24.4 Å². The number of carboxylic acids is 1. The van der Waals surface area contributed by atoms with Crippen LogP contribution >= 0.6 is 0 Å². The third-order valence-corrected chi connectivity index (χ3v) is 6.18. The van der Waals surface area contributed by atoms with E-state index in [-0.39, 0.29) is 11.4 Å². The molecule has 5 rings (SSSR count). The average molecular weight is 547 g/mol. The van der Waals surface area contributed by atoms with Crippen LogP contribution in [0.3, 0.4) is 0 Å². The SMILES string of the molecule is Cn1cc(NC(=O)c2ccc3ccc(N4CCNCC5(CC5)C4)nn23)c(C(F)(F)F)n1.O=C(O)C(F)(F)F. The average Bonchev–Trinajstić information content (AvgIpc) is 3.36. The van der Waals surface area contributed by atoms with Crippen molar-refractivity contribution in [2.24, 2.45) is 12.5 Å². The van der Waals surface area contributed by atoms with Gasteiger partial charge >= 0.3 is 18.3 Å². The lowest BCUT2D eigenvalue weighted by Gasteiger charge is -2.24. The Labute approximate surface area is 211 Å². The molecule has 1 amide bonds. The van der Waals surface area contributed by atoms with Crippen LogP contribution in [-0.4, -0.2) is 68.7 Å². The third kappa shape index (κ3) is 6.00. The molecule has 1 saturated carbocycles. The molecule has 1 aliphatic heterocycles. The number of anilines is 2. The van der Waals surface area contributed by atoms with Gasteiger partial charge in [-0.15, -0.1) is 5.10 Å². The van der Waals surface area contributed by atoms with Crippen LogP contribution in [0.4, 0.5) is 37.8 Å². The highest BCUT2D eigenvalue weighted by Crippen LogP contribution is 2.46. The van der Waals surface area contributed by atoms with Crippen molar-refractivity contribution in [2.45, 2.75) is 25.2 Å². The number of hydrogen-bond donors (Lipinski definition) is 3. The number of aryl methyl sites for hydroxylation is 1. The second-order valence-corrected chi connectivity index (χ2v) is 9.16. The summed E-state index contributed by atoms with van der Waals surface area (Å²) in [6.07, 6.45) is -6.25.